The minimum atomic E-state index is -4.48. The van der Waals surface area contributed by atoms with Crippen LogP contribution >= 0.6 is 0 Å². The van der Waals surface area contributed by atoms with Crippen molar-refractivity contribution in [1.82, 2.24) is 5.32 Å². The van der Waals surface area contributed by atoms with Gasteiger partial charge in [0.25, 0.3) is 5.91 Å². The van der Waals surface area contributed by atoms with E-state index in [1.807, 2.05) is 0 Å². The molecular formula is C17H16F3NO3. The molecular weight excluding hydrogens is 323 g/mol. The van der Waals surface area contributed by atoms with Gasteiger partial charge in [0, 0.05) is 0 Å². The number of benzene rings is 2. The number of rotatable bonds is 6. The van der Waals surface area contributed by atoms with E-state index in [1.54, 1.807) is 30.3 Å². The van der Waals surface area contributed by atoms with E-state index in [-0.39, 0.29) is 12.4 Å². The quantitative estimate of drug-likeness (QED) is 0.851. The van der Waals surface area contributed by atoms with Crippen LogP contribution in [-0.2, 0) is 11.0 Å². The van der Waals surface area contributed by atoms with Crippen molar-refractivity contribution in [1.29, 1.82) is 0 Å². The van der Waals surface area contributed by atoms with E-state index in [2.05, 4.69) is 5.32 Å². The molecule has 0 heterocycles. The maximum absolute atomic E-state index is 12.6. The van der Waals surface area contributed by atoms with Gasteiger partial charge in [-0.2, -0.15) is 13.2 Å². The normalized spacial score (nSPS) is 12.5. The number of carbonyl (C=O) groups is 1. The van der Waals surface area contributed by atoms with Gasteiger partial charge >= 0.3 is 6.18 Å². The zero-order chi connectivity index (χ0) is 17.6. The van der Waals surface area contributed by atoms with Gasteiger partial charge in [-0.05, 0) is 23.8 Å². The van der Waals surface area contributed by atoms with Crippen LogP contribution in [0, 0.1) is 0 Å². The van der Waals surface area contributed by atoms with Crippen molar-refractivity contribution in [2.75, 3.05) is 13.2 Å². The highest BCUT2D eigenvalue weighted by Crippen LogP contribution is 2.31. The highest BCUT2D eigenvalue weighted by atomic mass is 19.4. The molecule has 0 saturated carbocycles. The lowest BCUT2D eigenvalue weighted by atomic mass is 10.1. The van der Waals surface area contributed by atoms with Gasteiger partial charge in [-0.25, -0.2) is 0 Å². The van der Waals surface area contributed by atoms with E-state index in [0.29, 0.717) is 5.56 Å². The number of carbonyl (C=O) groups excluding carboxylic acids is 1. The van der Waals surface area contributed by atoms with Crippen LogP contribution < -0.4 is 10.1 Å². The summed E-state index contributed by atoms with van der Waals surface area (Å²) in [5, 5.41) is 11.9. The molecule has 24 heavy (non-hydrogen) atoms. The summed E-state index contributed by atoms with van der Waals surface area (Å²) < 4.78 is 42.9. The van der Waals surface area contributed by atoms with Crippen molar-refractivity contribution in [3.05, 3.63) is 65.7 Å². The molecule has 128 valence electrons. The Hall–Kier alpha value is -2.54. The van der Waals surface area contributed by atoms with Gasteiger partial charge < -0.3 is 15.2 Å². The summed E-state index contributed by atoms with van der Waals surface area (Å²) in [5.74, 6) is -0.601. The van der Waals surface area contributed by atoms with Crippen molar-refractivity contribution in [3.63, 3.8) is 0 Å². The molecule has 0 saturated heterocycles. The zero-order valence-corrected chi connectivity index (χ0v) is 12.6. The zero-order valence-electron chi connectivity index (χ0n) is 12.6. The van der Waals surface area contributed by atoms with Crippen LogP contribution in [0.1, 0.15) is 17.2 Å². The fourth-order valence-electron chi connectivity index (χ4n) is 2.07. The lowest BCUT2D eigenvalue weighted by Gasteiger charge is -2.17. The molecule has 0 aliphatic carbocycles. The number of amides is 1. The Balaban J connectivity index is 1.93. The third-order valence-corrected chi connectivity index (χ3v) is 3.25. The number of hydrogen-bond acceptors (Lipinski definition) is 3. The number of alkyl halides is 3. The summed E-state index contributed by atoms with van der Waals surface area (Å²) in [7, 11) is 0. The van der Waals surface area contributed by atoms with Crippen LogP contribution in [0.4, 0.5) is 13.2 Å². The topological polar surface area (TPSA) is 58.6 Å². The maximum Gasteiger partial charge on any atom is 0.416 e. The van der Waals surface area contributed by atoms with E-state index in [1.165, 1.54) is 12.1 Å². The van der Waals surface area contributed by atoms with E-state index in [4.69, 9.17) is 4.74 Å². The molecule has 0 spiro atoms. The minimum absolute atomic E-state index is 0.0553. The molecule has 0 aliphatic heterocycles. The van der Waals surface area contributed by atoms with Crippen LogP contribution in [0.5, 0.6) is 5.75 Å². The smallest absolute Gasteiger partial charge is 0.416 e. The molecule has 0 unspecified atom stereocenters. The van der Waals surface area contributed by atoms with Gasteiger partial charge in [-0.15, -0.1) is 0 Å². The number of aliphatic hydroxyl groups excluding tert-OH is 1. The molecule has 4 nitrogen and oxygen atoms in total. The lowest BCUT2D eigenvalue weighted by Crippen LogP contribution is -2.34. The Labute approximate surface area is 136 Å². The average Bonchev–Trinajstić information content (AvgIpc) is 2.58. The van der Waals surface area contributed by atoms with Crippen LogP contribution in [0.2, 0.25) is 0 Å². The Kier molecular flexibility index (Phi) is 5.81. The molecule has 1 amide bonds. The highest BCUT2D eigenvalue weighted by molar-refractivity contribution is 5.78. The van der Waals surface area contributed by atoms with E-state index in [0.717, 1.165) is 12.1 Å². The fraction of sp³-hybridized carbons (Fsp3) is 0.235. The summed E-state index contributed by atoms with van der Waals surface area (Å²) >= 11 is 0. The van der Waals surface area contributed by atoms with Crippen molar-refractivity contribution < 1.29 is 27.8 Å². The molecule has 0 radical (unpaired) electrons. The monoisotopic (exact) mass is 339 g/mol. The third kappa shape index (κ3) is 4.99. The van der Waals surface area contributed by atoms with Gasteiger partial charge in [-0.1, -0.05) is 36.4 Å². The standard InChI is InChI=1S/C17H16F3NO3/c18-17(19,20)13-7-4-8-14(9-13)24-11-16(23)21-15(10-22)12-5-2-1-3-6-12/h1-9,15,22H,10-11H2,(H,21,23)/t15-/m1/s1. The molecule has 2 aromatic carbocycles. The molecule has 7 heteroatoms. The molecule has 2 rings (SSSR count). The summed E-state index contributed by atoms with van der Waals surface area (Å²) in [6.07, 6.45) is -4.48. The molecule has 0 aromatic heterocycles. The van der Waals surface area contributed by atoms with Crippen LogP contribution in [-0.4, -0.2) is 24.2 Å². The van der Waals surface area contributed by atoms with E-state index < -0.39 is 30.3 Å². The first kappa shape index (κ1) is 17.8. The largest absolute Gasteiger partial charge is 0.484 e. The van der Waals surface area contributed by atoms with Crippen LogP contribution in [0.3, 0.4) is 0 Å². The van der Waals surface area contributed by atoms with Gasteiger partial charge in [0.2, 0.25) is 0 Å². The lowest BCUT2D eigenvalue weighted by molar-refractivity contribution is -0.137. The summed E-state index contributed by atoms with van der Waals surface area (Å²) in [5.41, 5.74) is -0.134. The van der Waals surface area contributed by atoms with Crippen molar-refractivity contribution in [2.24, 2.45) is 0 Å². The molecule has 1 atom stereocenters. The van der Waals surface area contributed by atoms with Crippen molar-refractivity contribution in [3.8, 4) is 5.75 Å². The number of aliphatic hydroxyl groups is 1. The Morgan fingerprint density at radius 1 is 1.12 bits per heavy atom. The number of ether oxygens (including phenoxy) is 1. The molecule has 0 aliphatic rings. The molecule has 0 bridgehead atoms. The van der Waals surface area contributed by atoms with Gasteiger partial charge in [-0.3, -0.25) is 4.79 Å². The SMILES string of the molecule is O=C(COc1cccc(C(F)(F)F)c1)N[C@H](CO)c1ccccc1. The second-order valence-electron chi connectivity index (χ2n) is 5.03. The first-order valence-corrected chi connectivity index (χ1v) is 7.15. The predicted octanol–water partition coefficient (Wildman–Crippen LogP) is 2.93. The second kappa shape index (κ2) is 7.83. The van der Waals surface area contributed by atoms with Crippen LogP contribution in [0.25, 0.3) is 0 Å². The molecule has 2 aromatic rings. The summed E-state index contributed by atoms with van der Waals surface area (Å²) in [6, 6.07) is 12.5. The Morgan fingerprint density at radius 2 is 1.83 bits per heavy atom. The van der Waals surface area contributed by atoms with Crippen molar-refractivity contribution in [2.45, 2.75) is 12.2 Å². The van der Waals surface area contributed by atoms with Gasteiger partial charge in [0.05, 0.1) is 18.2 Å². The van der Waals surface area contributed by atoms with Gasteiger partial charge in [0.15, 0.2) is 6.61 Å². The molecule has 2 N–H and O–H groups in total. The van der Waals surface area contributed by atoms with Crippen molar-refractivity contribution >= 4 is 5.91 Å². The van der Waals surface area contributed by atoms with E-state index >= 15 is 0 Å². The molecule has 0 fully saturated rings. The minimum Gasteiger partial charge on any atom is -0.484 e. The van der Waals surface area contributed by atoms with Gasteiger partial charge in [0.1, 0.15) is 5.75 Å². The second-order valence-corrected chi connectivity index (χ2v) is 5.03. The third-order valence-electron chi connectivity index (χ3n) is 3.25. The first-order chi connectivity index (χ1) is 11.4. The Bertz CT molecular complexity index is 674. The first-order valence-electron chi connectivity index (χ1n) is 7.15. The number of hydrogen-bond donors (Lipinski definition) is 2. The number of nitrogens with one attached hydrogen (secondary N) is 1. The van der Waals surface area contributed by atoms with Crippen LogP contribution in [0.15, 0.2) is 54.6 Å². The highest BCUT2D eigenvalue weighted by Gasteiger charge is 2.30. The van der Waals surface area contributed by atoms with E-state index in [9.17, 15) is 23.1 Å². The Morgan fingerprint density at radius 3 is 2.46 bits per heavy atom. The average molecular weight is 339 g/mol. The fourth-order valence-corrected chi connectivity index (χ4v) is 2.07. The summed E-state index contributed by atoms with van der Waals surface area (Å²) in [6.45, 7) is -0.760. The predicted molar refractivity (Wildman–Crippen MR) is 81.4 cm³/mol. The summed E-state index contributed by atoms with van der Waals surface area (Å²) in [4.78, 5) is 11.9. The maximum atomic E-state index is 12.6. The number of halogens is 3.